The van der Waals surface area contributed by atoms with Gasteiger partial charge in [0.05, 0.1) is 24.4 Å². The number of carbonyl (C=O) groups is 2. The number of thioether (sulfide) groups is 1. The summed E-state index contributed by atoms with van der Waals surface area (Å²) in [4.78, 5) is 30.5. The highest BCUT2D eigenvalue weighted by molar-refractivity contribution is 8.03. The van der Waals surface area contributed by atoms with E-state index in [0.29, 0.717) is 6.04 Å². The van der Waals surface area contributed by atoms with Crippen LogP contribution in [0.1, 0.15) is 26.7 Å². The molecule has 1 aromatic rings. The number of hydrogen-bond acceptors (Lipinski definition) is 6. The van der Waals surface area contributed by atoms with E-state index in [-0.39, 0.29) is 41.2 Å². The van der Waals surface area contributed by atoms with E-state index in [1.807, 2.05) is 19.4 Å². The van der Waals surface area contributed by atoms with Crippen molar-refractivity contribution in [3.05, 3.63) is 29.3 Å². The maximum absolute atomic E-state index is 12.4. The number of imidazole rings is 1. The molecule has 3 aliphatic heterocycles. The second-order valence-electron chi connectivity index (χ2n) is 7.94. The number of carboxylic acids is 1. The van der Waals surface area contributed by atoms with Crippen LogP contribution in [0.5, 0.6) is 0 Å². The number of carboxylic acid groups (broad SMARTS) is 1. The Hall–Kier alpha value is -1.55. The van der Waals surface area contributed by atoms with Gasteiger partial charge in [0.25, 0.3) is 0 Å². The molecule has 3 aliphatic rings. The lowest BCUT2D eigenvalue weighted by Crippen LogP contribution is -2.63. The number of aliphatic carboxylic acids is 1. The molecule has 4 heterocycles. The molecule has 1 aromatic heterocycles. The number of aryl methyl sites for hydroxylation is 1. The van der Waals surface area contributed by atoms with Gasteiger partial charge in [-0.25, -0.2) is 9.78 Å². The zero-order valence-electron chi connectivity index (χ0n) is 16.4. The van der Waals surface area contributed by atoms with Gasteiger partial charge in [0.1, 0.15) is 5.70 Å². The first-order valence-corrected chi connectivity index (χ1v) is 10.6. The van der Waals surface area contributed by atoms with Crippen molar-refractivity contribution >= 4 is 36.0 Å². The van der Waals surface area contributed by atoms with Crippen molar-refractivity contribution in [2.75, 3.05) is 6.54 Å². The first-order chi connectivity index (χ1) is 13.4. The van der Waals surface area contributed by atoms with E-state index < -0.39 is 18.0 Å². The summed E-state index contributed by atoms with van der Waals surface area (Å²) in [6, 6.07) is 0.141. The number of nitrogens with one attached hydrogen (secondary N) is 1. The number of fused-ring (bicyclic) bond motifs is 1. The number of nitrogens with zero attached hydrogens (tertiary/aromatic N) is 3. The molecule has 2 saturated heterocycles. The Morgan fingerprint density at radius 1 is 1.48 bits per heavy atom. The average molecular weight is 443 g/mol. The van der Waals surface area contributed by atoms with Gasteiger partial charge in [0, 0.05) is 47.6 Å². The third-order valence-corrected chi connectivity index (χ3v) is 7.59. The number of hydrogen-bond donors (Lipinski definition) is 3. The molecule has 0 aromatic carbocycles. The number of β-lactam (4-membered cyclic amide) rings is 1. The summed E-state index contributed by atoms with van der Waals surface area (Å²) in [6.45, 7) is 5.29. The fraction of sp³-hybridized carbons (Fsp3) is 0.632. The number of rotatable bonds is 7. The van der Waals surface area contributed by atoms with Gasteiger partial charge in [-0.05, 0) is 19.8 Å². The highest BCUT2D eigenvalue weighted by Crippen LogP contribution is 2.51. The van der Waals surface area contributed by atoms with Gasteiger partial charge in [-0.15, -0.1) is 24.2 Å². The van der Waals surface area contributed by atoms with Crippen LogP contribution in [-0.2, 0) is 16.1 Å². The van der Waals surface area contributed by atoms with Crippen LogP contribution in [0.15, 0.2) is 29.3 Å². The SMILES string of the molecule is C[C@@H](O)[C@H]1C(=O)N2C(C(=O)O)=C(S[C@@H]3CN[C@H](CCn4ccnc4)C3)[C@H](C)[C@H]12.Cl. The second-order valence-corrected chi connectivity index (χ2v) is 9.28. The van der Waals surface area contributed by atoms with Gasteiger partial charge >= 0.3 is 5.97 Å². The molecule has 3 N–H and O–H groups in total. The third-order valence-electron chi connectivity index (χ3n) is 6.08. The zero-order valence-corrected chi connectivity index (χ0v) is 18.0. The highest BCUT2D eigenvalue weighted by Gasteiger charge is 2.60. The van der Waals surface area contributed by atoms with Gasteiger partial charge in [0.15, 0.2) is 0 Å². The number of amides is 1. The number of halogens is 1. The first-order valence-electron chi connectivity index (χ1n) is 9.72. The smallest absolute Gasteiger partial charge is 0.353 e. The molecule has 1 amide bonds. The summed E-state index contributed by atoms with van der Waals surface area (Å²) < 4.78 is 2.05. The van der Waals surface area contributed by atoms with E-state index in [1.165, 1.54) is 4.90 Å². The van der Waals surface area contributed by atoms with Crippen LogP contribution in [0.2, 0.25) is 0 Å². The van der Waals surface area contributed by atoms with Crippen molar-refractivity contribution in [3.8, 4) is 0 Å². The lowest BCUT2D eigenvalue weighted by molar-refractivity contribution is -0.163. The van der Waals surface area contributed by atoms with Crippen LogP contribution >= 0.6 is 24.2 Å². The summed E-state index contributed by atoms with van der Waals surface area (Å²) in [5.74, 6) is -1.91. The van der Waals surface area contributed by atoms with E-state index in [0.717, 1.165) is 30.8 Å². The van der Waals surface area contributed by atoms with Crippen molar-refractivity contribution in [3.63, 3.8) is 0 Å². The molecule has 0 bridgehead atoms. The van der Waals surface area contributed by atoms with Crippen molar-refractivity contribution in [1.29, 1.82) is 0 Å². The molecule has 0 radical (unpaired) electrons. The fourth-order valence-electron chi connectivity index (χ4n) is 4.67. The van der Waals surface area contributed by atoms with E-state index in [4.69, 9.17) is 0 Å². The zero-order chi connectivity index (χ0) is 20.0. The van der Waals surface area contributed by atoms with Crippen LogP contribution < -0.4 is 5.32 Å². The largest absolute Gasteiger partial charge is 0.477 e. The maximum atomic E-state index is 12.4. The van der Waals surface area contributed by atoms with E-state index in [2.05, 4.69) is 14.9 Å². The summed E-state index contributed by atoms with van der Waals surface area (Å²) in [6.07, 6.45) is 6.71. The molecular weight excluding hydrogens is 416 g/mol. The van der Waals surface area contributed by atoms with Gasteiger partial charge in [-0.2, -0.15) is 0 Å². The number of aliphatic hydroxyl groups excluding tert-OH is 1. The third kappa shape index (κ3) is 3.93. The molecule has 10 heteroatoms. The Morgan fingerprint density at radius 3 is 2.86 bits per heavy atom. The summed E-state index contributed by atoms with van der Waals surface area (Å²) in [5.41, 5.74) is 0.117. The number of carbonyl (C=O) groups excluding carboxylic acids is 1. The predicted molar refractivity (Wildman–Crippen MR) is 112 cm³/mol. The molecule has 160 valence electrons. The van der Waals surface area contributed by atoms with Crippen LogP contribution in [0.25, 0.3) is 0 Å². The quantitative estimate of drug-likeness (QED) is 0.546. The van der Waals surface area contributed by atoms with Crippen molar-refractivity contribution in [2.24, 2.45) is 11.8 Å². The molecule has 6 atom stereocenters. The molecule has 0 spiro atoms. The Morgan fingerprint density at radius 2 is 2.24 bits per heavy atom. The predicted octanol–water partition coefficient (Wildman–Crippen LogP) is 1.31. The summed E-state index contributed by atoms with van der Waals surface area (Å²) >= 11 is 1.59. The van der Waals surface area contributed by atoms with Crippen LogP contribution in [0.3, 0.4) is 0 Å². The molecule has 0 saturated carbocycles. The van der Waals surface area contributed by atoms with Gasteiger partial charge in [-0.3, -0.25) is 4.79 Å². The Bertz CT molecular complexity index is 800. The maximum Gasteiger partial charge on any atom is 0.353 e. The van der Waals surface area contributed by atoms with Crippen LogP contribution in [0.4, 0.5) is 0 Å². The second kappa shape index (κ2) is 8.67. The van der Waals surface area contributed by atoms with E-state index in [1.54, 1.807) is 24.9 Å². The summed E-state index contributed by atoms with van der Waals surface area (Å²) in [7, 11) is 0. The molecule has 0 unspecified atom stereocenters. The number of aromatic nitrogens is 2. The minimum absolute atomic E-state index is 0. The van der Waals surface area contributed by atoms with Crippen molar-refractivity contribution < 1.29 is 19.8 Å². The normalized spacial score (nSPS) is 32.0. The van der Waals surface area contributed by atoms with Crippen molar-refractivity contribution in [1.82, 2.24) is 19.8 Å². The Kier molecular flexibility index (Phi) is 6.62. The van der Waals surface area contributed by atoms with E-state index in [9.17, 15) is 19.8 Å². The summed E-state index contributed by atoms with van der Waals surface area (Å²) in [5, 5.41) is 23.5. The van der Waals surface area contributed by atoms with Gasteiger partial charge in [0.2, 0.25) is 5.91 Å². The molecule has 0 aliphatic carbocycles. The lowest BCUT2D eigenvalue weighted by Gasteiger charge is -2.46. The minimum Gasteiger partial charge on any atom is -0.477 e. The molecule has 2 fully saturated rings. The average Bonchev–Trinajstić information content (AvgIpc) is 3.34. The van der Waals surface area contributed by atoms with Crippen LogP contribution in [-0.4, -0.2) is 66.5 Å². The van der Waals surface area contributed by atoms with Crippen LogP contribution in [0, 0.1) is 11.8 Å². The Balaban J connectivity index is 0.00000240. The first kappa shape index (κ1) is 22.1. The molecule has 29 heavy (non-hydrogen) atoms. The molecule has 8 nitrogen and oxygen atoms in total. The van der Waals surface area contributed by atoms with E-state index >= 15 is 0 Å². The minimum atomic E-state index is -1.06. The van der Waals surface area contributed by atoms with Gasteiger partial charge in [-0.1, -0.05) is 6.92 Å². The highest BCUT2D eigenvalue weighted by atomic mass is 35.5. The fourth-order valence-corrected chi connectivity index (χ4v) is 6.19. The lowest BCUT2D eigenvalue weighted by atomic mass is 9.79. The Labute approximate surface area is 180 Å². The topological polar surface area (TPSA) is 108 Å². The number of aliphatic hydroxyl groups is 1. The van der Waals surface area contributed by atoms with Gasteiger partial charge < -0.3 is 25.0 Å². The monoisotopic (exact) mass is 442 g/mol. The van der Waals surface area contributed by atoms with Crippen molar-refractivity contribution in [2.45, 2.75) is 56.7 Å². The molecular formula is C19H27ClN4O4S. The molecule has 4 rings (SSSR count). The standard InChI is InChI=1S/C19H26N4O4S.ClH/c1-10-15-14(11(2)24)18(25)23(15)16(19(26)27)17(10)28-13-7-12(21-8-13)3-5-22-6-4-20-9-22;/h4,6,9-15,21,24H,3,5,7-8H2,1-2H3,(H,26,27);1H/t10-,11-,12-,13+,14-,15-;/m1./s1.